The van der Waals surface area contributed by atoms with Gasteiger partial charge < -0.3 is 9.84 Å². The molecule has 3 heteroatoms. The Hall–Kier alpha value is -1.61. The number of hydrogen-bond donors (Lipinski definition) is 1. The van der Waals surface area contributed by atoms with Gasteiger partial charge in [0.25, 0.3) is 0 Å². The van der Waals surface area contributed by atoms with E-state index in [0.717, 1.165) is 40.9 Å². The second-order valence-electron chi connectivity index (χ2n) is 8.32. The quantitative estimate of drug-likeness (QED) is 0.876. The lowest BCUT2D eigenvalue weighted by Crippen LogP contribution is -2.48. The van der Waals surface area contributed by atoms with E-state index >= 15 is 0 Å². The molecule has 0 spiro atoms. The highest BCUT2D eigenvalue weighted by atomic mass is 16.5. The topological polar surface area (TPSA) is 46.5 Å². The van der Waals surface area contributed by atoms with E-state index in [4.69, 9.17) is 4.74 Å². The summed E-state index contributed by atoms with van der Waals surface area (Å²) in [6, 6.07) is 4.07. The van der Waals surface area contributed by atoms with Crippen LogP contribution in [0.25, 0.3) is 0 Å². The van der Waals surface area contributed by atoms with Gasteiger partial charge in [-0.25, -0.2) is 0 Å². The van der Waals surface area contributed by atoms with E-state index in [-0.39, 0.29) is 11.2 Å². The molecule has 0 heterocycles. The zero-order chi connectivity index (χ0) is 17.9. The molecule has 1 aromatic rings. The number of methoxy groups -OCH3 is 1. The van der Waals surface area contributed by atoms with Gasteiger partial charge in [-0.3, -0.25) is 4.79 Å². The summed E-state index contributed by atoms with van der Waals surface area (Å²) in [5.41, 5.74) is 3.33. The molecule has 2 atom stereocenters. The number of benzene rings is 1. The van der Waals surface area contributed by atoms with Gasteiger partial charge in [0.1, 0.15) is 5.75 Å². The van der Waals surface area contributed by atoms with Crippen molar-refractivity contribution in [2.24, 2.45) is 5.41 Å². The van der Waals surface area contributed by atoms with Gasteiger partial charge in [0.2, 0.25) is 0 Å². The first-order chi connectivity index (χ1) is 11.1. The highest BCUT2D eigenvalue weighted by molar-refractivity contribution is 6.08. The second-order valence-corrected chi connectivity index (χ2v) is 8.32. The maximum atomic E-state index is 12.9. The van der Waals surface area contributed by atoms with E-state index in [9.17, 15) is 9.90 Å². The number of carbonyl (C=O) groups is 1. The smallest absolute Gasteiger partial charge is 0.186 e. The molecule has 1 saturated carbocycles. The number of aliphatic hydroxyl groups is 1. The van der Waals surface area contributed by atoms with Gasteiger partial charge in [0.15, 0.2) is 5.78 Å². The minimum Gasteiger partial charge on any atom is -0.496 e. The number of allylic oxidation sites excluding steroid dienone is 1. The van der Waals surface area contributed by atoms with E-state index in [1.807, 2.05) is 19.9 Å². The first kappa shape index (κ1) is 17.2. The zero-order valence-electron chi connectivity index (χ0n) is 15.6. The predicted octanol–water partition coefficient (Wildman–Crippen LogP) is 4.38. The van der Waals surface area contributed by atoms with E-state index in [2.05, 4.69) is 26.8 Å². The molecule has 3 nitrogen and oxygen atoms in total. The van der Waals surface area contributed by atoms with Crippen LogP contribution in [0.4, 0.5) is 0 Å². The average Bonchev–Trinajstić information content (AvgIpc) is 2.53. The van der Waals surface area contributed by atoms with Crippen molar-refractivity contribution in [2.75, 3.05) is 7.11 Å². The normalized spacial score (nSPS) is 28.2. The molecular formula is C21H28O3. The Balaban J connectivity index is 2.26. The molecule has 0 aliphatic heterocycles. The number of fused-ring (bicyclic) bond motifs is 3. The fourth-order valence-corrected chi connectivity index (χ4v) is 4.53. The summed E-state index contributed by atoms with van der Waals surface area (Å²) in [5, 5.41) is 10.5. The van der Waals surface area contributed by atoms with Gasteiger partial charge in [0, 0.05) is 16.4 Å². The van der Waals surface area contributed by atoms with Crippen LogP contribution in [0.5, 0.6) is 5.75 Å². The first-order valence-electron chi connectivity index (χ1n) is 8.80. The maximum Gasteiger partial charge on any atom is 0.186 e. The van der Waals surface area contributed by atoms with Gasteiger partial charge in [0.05, 0.1) is 13.2 Å². The minimum absolute atomic E-state index is 0.0456. The molecule has 0 unspecified atom stereocenters. The third kappa shape index (κ3) is 2.25. The monoisotopic (exact) mass is 328 g/mol. The summed E-state index contributed by atoms with van der Waals surface area (Å²) in [7, 11) is 1.69. The minimum atomic E-state index is -0.414. The fraction of sp³-hybridized carbons (Fsp3) is 0.571. The summed E-state index contributed by atoms with van der Waals surface area (Å²) in [5.74, 6) is 1.19. The number of hydrogen-bond acceptors (Lipinski definition) is 3. The number of aliphatic hydroxyl groups excluding tert-OH is 1. The number of ether oxygens (including phenoxy) is 1. The second kappa shape index (κ2) is 5.45. The first-order valence-corrected chi connectivity index (χ1v) is 8.80. The van der Waals surface area contributed by atoms with Crippen molar-refractivity contribution in [1.29, 1.82) is 0 Å². The fourth-order valence-electron chi connectivity index (χ4n) is 4.53. The van der Waals surface area contributed by atoms with Crippen molar-refractivity contribution in [3.8, 4) is 5.75 Å². The van der Waals surface area contributed by atoms with Crippen LogP contribution in [0.2, 0.25) is 0 Å². The highest BCUT2D eigenvalue weighted by Crippen LogP contribution is 2.55. The van der Waals surface area contributed by atoms with Crippen molar-refractivity contribution < 1.29 is 14.6 Å². The molecular weight excluding hydrogens is 300 g/mol. The molecule has 2 aliphatic carbocycles. The number of rotatable bonds is 2. The molecule has 0 aromatic heterocycles. The van der Waals surface area contributed by atoms with Crippen LogP contribution in [-0.2, 0) is 5.41 Å². The Bertz CT molecular complexity index is 727. The summed E-state index contributed by atoms with van der Waals surface area (Å²) < 4.78 is 5.63. The van der Waals surface area contributed by atoms with E-state index in [1.165, 1.54) is 0 Å². The summed E-state index contributed by atoms with van der Waals surface area (Å²) >= 11 is 0. The molecule has 3 rings (SSSR count). The molecule has 0 saturated heterocycles. The van der Waals surface area contributed by atoms with E-state index < -0.39 is 11.5 Å². The van der Waals surface area contributed by atoms with Gasteiger partial charge in [-0.15, -0.1) is 0 Å². The van der Waals surface area contributed by atoms with Gasteiger partial charge in [-0.2, -0.15) is 0 Å². The van der Waals surface area contributed by atoms with E-state index in [1.54, 1.807) is 13.2 Å². The summed E-state index contributed by atoms with van der Waals surface area (Å²) in [6.45, 7) is 10.5. The SMILES string of the molecule is COc1cc2c(cc1C(C)C)C(=O)C=C1C(C)(C)[C@@H](O)CC[C@@]12C. The summed E-state index contributed by atoms with van der Waals surface area (Å²) in [4.78, 5) is 12.9. The Kier molecular flexibility index (Phi) is 3.91. The molecule has 2 aliphatic rings. The third-order valence-corrected chi connectivity index (χ3v) is 6.17. The molecule has 1 fully saturated rings. The van der Waals surface area contributed by atoms with E-state index in [0.29, 0.717) is 5.92 Å². The average molecular weight is 328 g/mol. The molecule has 0 radical (unpaired) electrons. The standard InChI is InChI=1S/C21H28O3/c1-12(2)13-9-14-15(10-17(13)24-6)21(5)8-7-19(23)20(3,4)18(21)11-16(14)22/h9-12,19,23H,7-8H2,1-6H3/t19-,21+/m0/s1. The Labute approximate surface area is 144 Å². The maximum absolute atomic E-state index is 12.9. The van der Waals surface area contributed by atoms with Gasteiger partial charge in [-0.1, -0.05) is 34.6 Å². The molecule has 1 N–H and O–H groups in total. The lowest BCUT2D eigenvalue weighted by molar-refractivity contribution is 0.0285. The van der Waals surface area contributed by atoms with Crippen molar-refractivity contribution >= 4 is 5.78 Å². The Morgan fingerprint density at radius 1 is 1.25 bits per heavy atom. The van der Waals surface area contributed by atoms with Crippen LogP contribution in [0.3, 0.4) is 0 Å². The highest BCUT2D eigenvalue weighted by Gasteiger charge is 2.50. The molecule has 130 valence electrons. The zero-order valence-corrected chi connectivity index (χ0v) is 15.6. The van der Waals surface area contributed by atoms with Crippen LogP contribution in [-0.4, -0.2) is 24.1 Å². The number of carbonyl (C=O) groups excluding carboxylic acids is 1. The van der Waals surface area contributed by atoms with Crippen LogP contribution < -0.4 is 4.74 Å². The Morgan fingerprint density at radius 2 is 1.92 bits per heavy atom. The van der Waals surface area contributed by atoms with Crippen molar-refractivity contribution in [1.82, 2.24) is 0 Å². The van der Waals surface area contributed by atoms with Crippen LogP contribution in [0, 0.1) is 5.41 Å². The van der Waals surface area contributed by atoms with Crippen molar-refractivity contribution in [2.45, 2.75) is 64.9 Å². The molecule has 0 bridgehead atoms. The molecule has 24 heavy (non-hydrogen) atoms. The lowest BCUT2D eigenvalue weighted by Gasteiger charge is -2.51. The van der Waals surface area contributed by atoms with Crippen LogP contribution >= 0.6 is 0 Å². The summed E-state index contributed by atoms with van der Waals surface area (Å²) in [6.07, 6.45) is 2.95. The van der Waals surface area contributed by atoms with Crippen molar-refractivity contribution in [3.05, 3.63) is 40.5 Å². The Morgan fingerprint density at radius 3 is 2.50 bits per heavy atom. The third-order valence-electron chi connectivity index (χ3n) is 6.17. The van der Waals surface area contributed by atoms with Crippen LogP contribution in [0.1, 0.15) is 74.9 Å². The number of ketones is 1. The van der Waals surface area contributed by atoms with Gasteiger partial charge in [-0.05, 0) is 53.7 Å². The largest absolute Gasteiger partial charge is 0.496 e. The van der Waals surface area contributed by atoms with Crippen molar-refractivity contribution in [3.63, 3.8) is 0 Å². The lowest BCUT2D eigenvalue weighted by atomic mass is 9.54. The predicted molar refractivity (Wildman–Crippen MR) is 95.9 cm³/mol. The molecule has 1 aromatic carbocycles. The van der Waals surface area contributed by atoms with Crippen LogP contribution in [0.15, 0.2) is 23.8 Å². The van der Waals surface area contributed by atoms with Gasteiger partial charge >= 0.3 is 0 Å². The molecule has 0 amide bonds.